The molecule has 20 heavy (non-hydrogen) atoms. The van der Waals surface area contributed by atoms with E-state index in [1.165, 1.54) is 12.1 Å². The molecule has 3 rings (SSSR count). The zero-order chi connectivity index (χ0) is 14.3. The van der Waals surface area contributed by atoms with E-state index >= 15 is 0 Å². The number of carbonyl (C=O) groups excluding carboxylic acids is 1. The summed E-state index contributed by atoms with van der Waals surface area (Å²) in [6, 6.07) is 10.4. The lowest BCUT2D eigenvalue weighted by atomic mass is 10.0. The number of aryl methyl sites for hydroxylation is 2. The molecule has 0 bridgehead atoms. The Labute approximate surface area is 116 Å². The Bertz CT molecular complexity index is 817. The molecule has 0 aliphatic rings. The number of nitrogens with one attached hydrogen (secondary N) is 1. The number of ketones is 1. The van der Waals surface area contributed by atoms with Gasteiger partial charge in [-0.25, -0.2) is 4.39 Å². The van der Waals surface area contributed by atoms with E-state index in [2.05, 4.69) is 4.98 Å². The average molecular weight is 267 g/mol. The van der Waals surface area contributed by atoms with Crippen LogP contribution >= 0.6 is 0 Å². The van der Waals surface area contributed by atoms with Crippen molar-refractivity contribution in [3.63, 3.8) is 0 Å². The fraction of sp³-hybridized carbons (Fsp3) is 0.118. The van der Waals surface area contributed by atoms with Crippen molar-refractivity contribution < 1.29 is 9.18 Å². The summed E-state index contributed by atoms with van der Waals surface area (Å²) >= 11 is 0. The first kappa shape index (κ1) is 12.6. The molecule has 100 valence electrons. The summed E-state index contributed by atoms with van der Waals surface area (Å²) in [6.07, 6.45) is 1.71. The highest BCUT2D eigenvalue weighted by molar-refractivity contribution is 6.16. The molecule has 3 heteroatoms. The first-order chi connectivity index (χ1) is 9.56. The lowest BCUT2D eigenvalue weighted by Crippen LogP contribution is -2.01. The summed E-state index contributed by atoms with van der Waals surface area (Å²) in [7, 11) is 0. The number of aromatic amines is 1. The van der Waals surface area contributed by atoms with Crippen LogP contribution in [0.4, 0.5) is 4.39 Å². The maximum absolute atomic E-state index is 13.3. The lowest BCUT2D eigenvalue weighted by molar-refractivity contribution is 0.104. The molecule has 0 aliphatic heterocycles. The minimum atomic E-state index is -0.295. The third-order valence-electron chi connectivity index (χ3n) is 3.50. The molecule has 1 N–H and O–H groups in total. The second-order valence-electron chi connectivity index (χ2n) is 5.04. The van der Waals surface area contributed by atoms with E-state index in [0.29, 0.717) is 16.7 Å². The molecule has 0 saturated heterocycles. The van der Waals surface area contributed by atoms with E-state index in [1.54, 1.807) is 19.2 Å². The number of H-pyrrole nitrogens is 1. The van der Waals surface area contributed by atoms with Gasteiger partial charge in [0, 0.05) is 28.2 Å². The lowest BCUT2D eigenvalue weighted by Gasteiger charge is -2.02. The molecule has 2 aromatic carbocycles. The van der Waals surface area contributed by atoms with E-state index in [0.717, 1.165) is 16.5 Å². The molecule has 0 unspecified atom stereocenters. The smallest absolute Gasteiger partial charge is 0.195 e. The minimum absolute atomic E-state index is 0.0943. The highest BCUT2D eigenvalue weighted by atomic mass is 19.1. The van der Waals surface area contributed by atoms with Crippen LogP contribution in [0.2, 0.25) is 0 Å². The van der Waals surface area contributed by atoms with Crippen LogP contribution in [-0.4, -0.2) is 10.8 Å². The number of aromatic nitrogens is 1. The predicted octanol–water partition coefficient (Wildman–Crippen LogP) is 4.15. The fourth-order valence-corrected chi connectivity index (χ4v) is 2.37. The van der Waals surface area contributed by atoms with E-state index in [1.807, 2.05) is 25.1 Å². The van der Waals surface area contributed by atoms with E-state index < -0.39 is 0 Å². The topological polar surface area (TPSA) is 32.9 Å². The molecule has 0 spiro atoms. The Hall–Kier alpha value is -2.42. The number of hydrogen-bond acceptors (Lipinski definition) is 1. The SMILES string of the molecule is Cc1ccc2c(C(=O)c3ccc(F)c(C)c3)c[nH]c2c1. The molecule has 0 saturated carbocycles. The Balaban J connectivity index is 2.10. The van der Waals surface area contributed by atoms with Gasteiger partial charge in [-0.15, -0.1) is 0 Å². The second kappa shape index (κ2) is 4.60. The van der Waals surface area contributed by atoms with Crippen molar-refractivity contribution in [1.82, 2.24) is 4.98 Å². The number of carbonyl (C=O) groups is 1. The van der Waals surface area contributed by atoms with Crippen molar-refractivity contribution >= 4 is 16.7 Å². The minimum Gasteiger partial charge on any atom is -0.360 e. The highest BCUT2D eigenvalue weighted by Crippen LogP contribution is 2.23. The zero-order valence-electron chi connectivity index (χ0n) is 11.3. The van der Waals surface area contributed by atoms with Gasteiger partial charge in [-0.1, -0.05) is 12.1 Å². The Morgan fingerprint density at radius 2 is 1.90 bits per heavy atom. The molecule has 1 heterocycles. The maximum Gasteiger partial charge on any atom is 0.195 e. The molecule has 0 aliphatic carbocycles. The summed E-state index contributed by atoms with van der Waals surface area (Å²) in [5, 5.41) is 0.891. The summed E-state index contributed by atoms with van der Waals surface area (Å²) < 4.78 is 13.3. The molecular formula is C17H14FNO. The normalized spacial score (nSPS) is 10.9. The zero-order valence-corrected chi connectivity index (χ0v) is 11.3. The van der Waals surface area contributed by atoms with Gasteiger partial charge in [0.05, 0.1) is 0 Å². The standard InChI is InChI=1S/C17H14FNO/c1-10-3-5-13-14(9-19-16(13)7-10)17(20)12-4-6-15(18)11(2)8-12/h3-9,19H,1-2H3. The summed E-state index contributed by atoms with van der Waals surface area (Å²) in [4.78, 5) is 15.6. The molecular weight excluding hydrogens is 253 g/mol. The molecule has 2 nitrogen and oxygen atoms in total. The Kier molecular flexibility index (Phi) is 2.90. The van der Waals surface area contributed by atoms with Crippen LogP contribution in [0.15, 0.2) is 42.6 Å². The molecule has 0 atom stereocenters. The number of rotatable bonds is 2. The van der Waals surface area contributed by atoms with Crippen molar-refractivity contribution in [3.8, 4) is 0 Å². The predicted molar refractivity (Wildman–Crippen MR) is 77.6 cm³/mol. The van der Waals surface area contributed by atoms with Gasteiger partial charge in [-0.05, 0) is 49.2 Å². The van der Waals surface area contributed by atoms with Crippen LogP contribution in [-0.2, 0) is 0 Å². The fourth-order valence-electron chi connectivity index (χ4n) is 2.37. The molecule has 0 amide bonds. The first-order valence-electron chi connectivity index (χ1n) is 6.45. The van der Waals surface area contributed by atoms with Crippen LogP contribution in [0.25, 0.3) is 10.9 Å². The van der Waals surface area contributed by atoms with Gasteiger partial charge in [-0.3, -0.25) is 4.79 Å². The average Bonchev–Trinajstić information content (AvgIpc) is 2.84. The van der Waals surface area contributed by atoms with Crippen LogP contribution in [0.1, 0.15) is 27.0 Å². The van der Waals surface area contributed by atoms with Crippen molar-refractivity contribution in [2.45, 2.75) is 13.8 Å². The van der Waals surface area contributed by atoms with Gasteiger partial charge in [0.25, 0.3) is 0 Å². The molecule has 0 fully saturated rings. The summed E-state index contributed by atoms with van der Waals surface area (Å²) in [5.74, 6) is -0.390. The number of hydrogen-bond donors (Lipinski definition) is 1. The van der Waals surface area contributed by atoms with E-state index in [4.69, 9.17) is 0 Å². The van der Waals surface area contributed by atoms with Gasteiger partial charge in [0.15, 0.2) is 5.78 Å². The quantitative estimate of drug-likeness (QED) is 0.695. The number of fused-ring (bicyclic) bond motifs is 1. The van der Waals surface area contributed by atoms with Gasteiger partial charge < -0.3 is 4.98 Å². The largest absolute Gasteiger partial charge is 0.360 e. The first-order valence-corrected chi connectivity index (χ1v) is 6.45. The number of benzene rings is 2. The molecule has 3 aromatic rings. The van der Waals surface area contributed by atoms with Crippen LogP contribution in [0.3, 0.4) is 0 Å². The number of halogens is 1. The van der Waals surface area contributed by atoms with Crippen LogP contribution < -0.4 is 0 Å². The van der Waals surface area contributed by atoms with Gasteiger partial charge in [0.2, 0.25) is 0 Å². The van der Waals surface area contributed by atoms with Crippen molar-refractivity contribution in [3.05, 3.63) is 70.7 Å². The third kappa shape index (κ3) is 2.01. The van der Waals surface area contributed by atoms with Gasteiger partial charge in [0.1, 0.15) is 5.82 Å². The maximum atomic E-state index is 13.3. The Morgan fingerprint density at radius 1 is 1.10 bits per heavy atom. The summed E-state index contributed by atoms with van der Waals surface area (Å²) in [5.41, 5.74) is 3.67. The summed E-state index contributed by atoms with van der Waals surface area (Å²) in [6.45, 7) is 3.66. The van der Waals surface area contributed by atoms with Gasteiger partial charge >= 0.3 is 0 Å². The second-order valence-corrected chi connectivity index (χ2v) is 5.04. The molecule has 1 aromatic heterocycles. The van der Waals surface area contributed by atoms with Crippen LogP contribution in [0, 0.1) is 19.7 Å². The van der Waals surface area contributed by atoms with Gasteiger partial charge in [-0.2, -0.15) is 0 Å². The highest BCUT2D eigenvalue weighted by Gasteiger charge is 2.15. The van der Waals surface area contributed by atoms with Crippen molar-refractivity contribution in [2.24, 2.45) is 0 Å². The monoisotopic (exact) mass is 267 g/mol. The van der Waals surface area contributed by atoms with Crippen LogP contribution in [0.5, 0.6) is 0 Å². The third-order valence-corrected chi connectivity index (χ3v) is 3.50. The van der Waals surface area contributed by atoms with Crippen molar-refractivity contribution in [1.29, 1.82) is 0 Å². The van der Waals surface area contributed by atoms with E-state index in [-0.39, 0.29) is 11.6 Å². The van der Waals surface area contributed by atoms with E-state index in [9.17, 15) is 9.18 Å². The Morgan fingerprint density at radius 3 is 2.65 bits per heavy atom. The van der Waals surface area contributed by atoms with Crippen molar-refractivity contribution in [2.75, 3.05) is 0 Å². The molecule has 0 radical (unpaired) electrons.